The summed E-state index contributed by atoms with van der Waals surface area (Å²) in [6.07, 6.45) is 4.38. The van der Waals surface area contributed by atoms with E-state index in [1.807, 2.05) is 42.5 Å². The zero-order valence-corrected chi connectivity index (χ0v) is 17.1. The van der Waals surface area contributed by atoms with Crippen molar-refractivity contribution in [3.05, 3.63) is 83.3 Å². The number of pyridine rings is 1. The average Bonchev–Trinajstić information content (AvgIpc) is 2.81. The maximum Gasteiger partial charge on any atom is 0.182 e. The zero-order valence-electron chi connectivity index (χ0n) is 17.1. The van der Waals surface area contributed by atoms with Gasteiger partial charge in [-0.1, -0.05) is 48.5 Å². The van der Waals surface area contributed by atoms with Gasteiger partial charge >= 0.3 is 0 Å². The van der Waals surface area contributed by atoms with Crippen LogP contribution >= 0.6 is 0 Å². The zero-order chi connectivity index (χ0) is 20.9. The van der Waals surface area contributed by atoms with Crippen LogP contribution in [0.2, 0.25) is 0 Å². The topological polar surface area (TPSA) is 59.5 Å². The molecule has 0 amide bonds. The van der Waals surface area contributed by atoms with E-state index in [9.17, 15) is 9.59 Å². The molecule has 0 spiro atoms. The molecular formula is C26H22N2O3. The molecule has 5 nitrogen and oxygen atoms in total. The third kappa shape index (κ3) is 2.87. The summed E-state index contributed by atoms with van der Waals surface area (Å²) in [4.78, 5) is 32.7. The van der Waals surface area contributed by atoms with Crippen molar-refractivity contribution < 1.29 is 14.3 Å². The molecule has 0 saturated heterocycles. The van der Waals surface area contributed by atoms with Crippen molar-refractivity contribution in [2.45, 2.75) is 37.8 Å². The first-order chi connectivity index (χ1) is 15.2. The highest BCUT2D eigenvalue weighted by Gasteiger charge is 2.45. The number of benzene rings is 2. The molecule has 5 heteroatoms. The van der Waals surface area contributed by atoms with E-state index in [0.29, 0.717) is 18.4 Å². The quantitative estimate of drug-likeness (QED) is 0.582. The molecule has 2 aliphatic heterocycles. The Labute approximate surface area is 180 Å². The maximum absolute atomic E-state index is 13.2. The molecule has 2 atom stereocenters. The lowest BCUT2D eigenvalue weighted by atomic mass is 9.76. The van der Waals surface area contributed by atoms with Crippen molar-refractivity contribution in [2.24, 2.45) is 0 Å². The van der Waals surface area contributed by atoms with Gasteiger partial charge in [-0.15, -0.1) is 0 Å². The Morgan fingerprint density at radius 1 is 1.06 bits per heavy atom. The summed E-state index contributed by atoms with van der Waals surface area (Å²) < 4.78 is 6.39. The second-order valence-electron chi connectivity index (χ2n) is 8.47. The summed E-state index contributed by atoms with van der Waals surface area (Å²) in [6.45, 7) is 0.209. The molecule has 2 unspecified atom stereocenters. The molecule has 2 aromatic carbocycles. The van der Waals surface area contributed by atoms with Gasteiger partial charge in [-0.3, -0.25) is 14.6 Å². The van der Waals surface area contributed by atoms with Gasteiger partial charge in [0.25, 0.3) is 0 Å². The van der Waals surface area contributed by atoms with Gasteiger partial charge in [-0.05, 0) is 18.1 Å². The van der Waals surface area contributed by atoms with Gasteiger partial charge in [0.15, 0.2) is 17.8 Å². The van der Waals surface area contributed by atoms with E-state index in [-0.39, 0.29) is 30.3 Å². The Balaban J connectivity index is 1.52. The minimum absolute atomic E-state index is 0.00559. The number of carbonyl (C=O) groups is 2. The lowest BCUT2D eigenvalue weighted by Gasteiger charge is -2.47. The highest BCUT2D eigenvalue weighted by Crippen LogP contribution is 2.51. The smallest absolute Gasteiger partial charge is 0.182 e. The number of ether oxygens (including phenoxy) is 1. The van der Waals surface area contributed by atoms with Gasteiger partial charge in [-0.25, -0.2) is 0 Å². The first-order valence-corrected chi connectivity index (χ1v) is 10.9. The molecule has 31 heavy (non-hydrogen) atoms. The average molecular weight is 410 g/mol. The van der Waals surface area contributed by atoms with E-state index in [0.717, 1.165) is 46.3 Å². The van der Waals surface area contributed by atoms with Crippen LogP contribution in [0.5, 0.6) is 0 Å². The fraction of sp³-hybridized carbons (Fsp3) is 0.269. The number of hydrogen-bond donors (Lipinski definition) is 0. The summed E-state index contributed by atoms with van der Waals surface area (Å²) in [5, 5.41) is 1.02. The number of ketones is 2. The third-order valence-corrected chi connectivity index (χ3v) is 6.67. The standard InChI is InChI=1S/C26H22N2O3/c29-20-9-4-10-22-24(20)19-14-23(31-22)28(15-21(30)16-6-2-1-3-7-16)26-18(19)12-11-17-8-5-13-27-25(17)26/h1-3,5-8,11-13,19,23H,4,9-10,14-15H2. The number of allylic oxidation sites excluding steroid dienone is 2. The van der Waals surface area contributed by atoms with Crippen LogP contribution in [0.4, 0.5) is 5.69 Å². The van der Waals surface area contributed by atoms with Gasteiger partial charge < -0.3 is 9.64 Å². The Kier molecular flexibility index (Phi) is 4.16. The molecule has 3 aromatic rings. The van der Waals surface area contributed by atoms with Crippen molar-refractivity contribution in [3.8, 4) is 0 Å². The van der Waals surface area contributed by atoms with Crippen LogP contribution < -0.4 is 4.90 Å². The lowest BCUT2D eigenvalue weighted by molar-refractivity contribution is -0.117. The van der Waals surface area contributed by atoms with E-state index in [4.69, 9.17) is 4.74 Å². The van der Waals surface area contributed by atoms with E-state index in [1.54, 1.807) is 6.20 Å². The fourth-order valence-electron chi connectivity index (χ4n) is 5.27. The van der Waals surface area contributed by atoms with E-state index < -0.39 is 0 Å². The van der Waals surface area contributed by atoms with Gasteiger partial charge in [0, 0.05) is 47.9 Å². The van der Waals surface area contributed by atoms with Crippen LogP contribution in [-0.2, 0) is 9.53 Å². The van der Waals surface area contributed by atoms with E-state index in [1.165, 1.54) is 0 Å². The van der Waals surface area contributed by atoms with Crippen LogP contribution in [0, 0.1) is 0 Å². The number of carbonyl (C=O) groups excluding carboxylic acids is 2. The molecule has 1 aliphatic carbocycles. The second-order valence-corrected chi connectivity index (χ2v) is 8.47. The largest absolute Gasteiger partial charge is 0.474 e. The summed E-state index contributed by atoms with van der Waals surface area (Å²) in [6, 6.07) is 17.5. The molecule has 154 valence electrons. The Hall–Kier alpha value is -3.47. The monoisotopic (exact) mass is 410 g/mol. The highest BCUT2D eigenvalue weighted by atomic mass is 16.5. The van der Waals surface area contributed by atoms with Crippen molar-refractivity contribution in [1.29, 1.82) is 0 Å². The second kappa shape index (κ2) is 7.05. The number of fused-ring (bicyclic) bond motifs is 7. The van der Waals surface area contributed by atoms with Gasteiger partial charge in [0.05, 0.1) is 17.7 Å². The molecule has 0 fully saturated rings. The molecule has 0 saturated carbocycles. The number of aromatic nitrogens is 1. The molecule has 3 heterocycles. The van der Waals surface area contributed by atoms with Gasteiger partial charge in [0.1, 0.15) is 5.76 Å². The van der Waals surface area contributed by atoms with Crippen LogP contribution in [0.1, 0.15) is 47.5 Å². The normalized spacial score (nSPS) is 22.1. The predicted molar refractivity (Wildman–Crippen MR) is 118 cm³/mol. The van der Waals surface area contributed by atoms with Crippen molar-refractivity contribution in [1.82, 2.24) is 4.98 Å². The first kappa shape index (κ1) is 18.3. The summed E-state index contributed by atoms with van der Waals surface area (Å²) >= 11 is 0. The van der Waals surface area contributed by atoms with Crippen molar-refractivity contribution in [3.63, 3.8) is 0 Å². The van der Waals surface area contributed by atoms with Crippen LogP contribution in [0.3, 0.4) is 0 Å². The Morgan fingerprint density at radius 3 is 2.81 bits per heavy atom. The molecule has 0 N–H and O–H groups in total. The van der Waals surface area contributed by atoms with Crippen LogP contribution in [0.15, 0.2) is 72.1 Å². The lowest BCUT2D eigenvalue weighted by Crippen LogP contribution is -2.48. The minimum atomic E-state index is -0.276. The minimum Gasteiger partial charge on any atom is -0.474 e. The summed E-state index contributed by atoms with van der Waals surface area (Å²) in [5.74, 6) is 1.07. The molecule has 1 aromatic heterocycles. The molecular weight excluding hydrogens is 388 g/mol. The molecule has 3 aliphatic rings. The number of hydrogen-bond acceptors (Lipinski definition) is 5. The summed E-state index contributed by atoms with van der Waals surface area (Å²) in [5.41, 5.74) is 4.38. The number of Topliss-reactive ketones (excluding diaryl/α,β-unsaturated/α-hetero) is 2. The summed E-state index contributed by atoms with van der Waals surface area (Å²) in [7, 11) is 0. The molecule has 0 radical (unpaired) electrons. The number of anilines is 1. The predicted octanol–water partition coefficient (Wildman–Crippen LogP) is 4.77. The van der Waals surface area contributed by atoms with Crippen LogP contribution in [-0.4, -0.2) is 29.3 Å². The van der Waals surface area contributed by atoms with E-state index >= 15 is 0 Å². The maximum atomic E-state index is 13.2. The van der Waals surface area contributed by atoms with Crippen molar-refractivity contribution in [2.75, 3.05) is 11.4 Å². The van der Waals surface area contributed by atoms with Gasteiger partial charge in [-0.2, -0.15) is 0 Å². The number of nitrogens with zero attached hydrogens (tertiary/aromatic N) is 2. The van der Waals surface area contributed by atoms with Crippen molar-refractivity contribution >= 4 is 28.2 Å². The highest BCUT2D eigenvalue weighted by molar-refractivity contribution is 6.03. The SMILES string of the molecule is O=C1CCCC2=C1C1CC(O2)N(CC(=O)c2ccccc2)c2c1ccc1cccnc21. The molecule has 2 bridgehead atoms. The molecule has 6 rings (SSSR count). The van der Waals surface area contributed by atoms with Gasteiger partial charge in [0.2, 0.25) is 0 Å². The third-order valence-electron chi connectivity index (χ3n) is 6.67. The van der Waals surface area contributed by atoms with E-state index in [2.05, 4.69) is 22.0 Å². The Morgan fingerprint density at radius 2 is 1.94 bits per heavy atom. The number of rotatable bonds is 3. The first-order valence-electron chi connectivity index (χ1n) is 10.9. The van der Waals surface area contributed by atoms with Crippen LogP contribution in [0.25, 0.3) is 10.9 Å². The Bertz CT molecular complexity index is 1250. The fourth-order valence-corrected chi connectivity index (χ4v) is 5.27.